The highest BCUT2D eigenvalue weighted by Crippen LogP contribution is 2.29. The average Bonchev–Trinajstić information content (AvgIpc) is 3.15. The van der Waals surface area contributed by atoms with E-state index in [-0.39, 0.29) is 35.0 Å². The number of rotatable bonds is 18. The first-order valence-corrected chi connectivity index (χ1v) is 17.3. The summed E-state index contributed by atoms with van der Waals surface area (Å²) in [6.07, 6.45) is 4.30. The molecule has 0 aliphatic heterocycles. The van der Waals surface area contributed by atoms with Gasteiger partial charge in [0.25, 0.3) is 0 Å². The molecular formula is C42H41F3O8. The third kappa shape index (κ3) is 13.1. The summed E-state index contributed by atoms with van der Waals surface area (Å²) in [5.74, 6) is -1.82. The number of benzene rings is 4. The van der Waals surface area contributed by atoms with Crippen LogP contribution in [0.5, 0.6) is 11.5 Å². The van der Waals surface area contributed by atoms with Crippen molar-refractivity contribution in [2.75, 3.05) is 6.61 Å². The molecule has 11 heteroatoms. The van der Waals surface area contributed by atoms with Gasteiger partial charge < -0.3 is 18.9 Å². The maximum atomic E-state index is 12.8. The zero-order valence-electron chi connectivity index (χ0n) is 29.4. The largest absolute Gasteiger partial charge is 0.458 e. The molecule has 0 N–H and O–H groups in total. The highest BCUT2D eigenvalue weighted by atomic mass is 19.4. The van der Waals surface area contributed by atoms with Crippen LogP contribution in [0.3, 0.4) is 0 Å². The van der Waals surface area contributed by atoms with E-state index in [0.29, 0.717) is 12.2 Å². The Kier molecular flexibility index (Phi) is 15.0. The normalized spacial score (nSPS) is 11.6. The van der Waals surface area contributed by atoms with Gasteiger partial charge in [-0.15, -0.1) is 6.58 Å². The van der Waals surface area contributed by atoms with Crippen LogP contribution < -0.4 is 9.47 Å². The van der Waals surface area contributed by atoms with Gasteiger partial charge in [0.05, 0.1) is 22.3 Å². The fraction of sp³-hybridized carbons (Fsp3) is 0.286. The second-order valence-electron chi connectivity index (χ2n) is 12.3. The number of allylic oxidation sites excluding steroid dienone is 1. The number of carbonyl (C=O) groups excluding carboxylic acids is 4. The first-order valence-electron chi connectivity index (χ1n) is 17.3. The Morgan fingerprint density at radius 3 is 1.70 bits per heavy atom. The van der Waals surface area contributed by atoms with Crippen LogP contribution >= 0.6 is 0 Å². The van der Waals surface area contributed by atoms with Crippen molar-refractivity contribution in [3.63, 3.8) is 0 Å². The van der Waals surface area contributed by atoms with Crippen molar-refractivity contribution in [2.45, 2.75) is 70.6 Å². The predicted molar refractivity (Wildman–Crippen MR) is 193 cm³/mol. The number of ether oxygens (including phenoxy) is 4. The predicted octanol–water partition coefficient (Wildman–Crippen LogP) is 10.2. The van der Waals surface area contributed by atoms with Crippen LogP contribution in [0.15, 0.2) is 110 Å². The molecule has 4 aromatic carbocycles. The van der Waals surface area contributed by atoms with Crippen molar-refractivity contribution in [3.05, 3.63) is 132 Å². The topological polar surface area (TPSA) is 105 Å². The van der Waals surface area contributed by atoms with Crippen LogP contribution in [0.4, 0.5) is 13.2 Å². The number of esters is 4. The minimum Gasteiger partial charge on any atom is -0.458 e. The Morgan fingerprint density at radius 2 is 1.09 bits per heavy atom. The van der Waals surface area contributed by atoms with E-state index in [9.17, 15) is 32.3 Å². The molecule has 0 radical (unpaired) electrons. The summed E-state index contributed by atoms with van der Waals surface area (Å²) in [6.45, 7) is 5.14. The van der Waals surface area contributed by atoms with Gasteiger partial charge in [-0.3, -0.25) is 4.79 Å². The number of hydrogen-bond donors (Lipinski definition) is 0. The Morgan fingerprint density at radius 1 is 0.623 bits per heavy atom. The lowest BCUT2D eigenvalue weighted by Crippen LogP contribution is -2.22. The second kappa shape index (κ2) is 19.8. The van der Waals surface area contributed by atoms with Crippen LogP contribution in [0.25, 0.3) is 11.1 Å². The molecule has 0 aliphatic rings. The van der Waals surface area contributed by atoms with Crippen molar-refractivity contribution in [1.29, 1.82) is 0 Å². The van der Waals surface area contributed by atoms with Gasteiger partial charge >= 0.3 is 30.1 Å². The lowest BCUT2D eigenvalue weighted by Gasteiger charge is -2.14. The van der Waals surface area contributed by atoms with Gasteiger partial charge in [-0.1, -0.05) is 56.0 Å². The summed E-state index contributed by atoms with van der Waals surface area (Å²) >= 11 is 0. The van der Waals surface area contributed by atoms with E-state index < -0.39 is 35.8 Å². The third-order valence-corrected chi connectivity index (χ3v) is 8.08. The van der Waals surface area contributed by atoms with Crippen LogP contribution in [0.1, 0.15) is 94.9 Å². The molecule has 1 atom stereocenters. The molecule has 0 spiro atoms. The van der Waals surface area contributed by atoms with Gasteiger partial charge in [-0.25, -0.2) is 14.4 Å². The Hall–Kier alpha value is -5.71. The fourth-order valence-electron chi connectivity index (χ4n) is 5.14. The summed E-state index contributed by atoms with van der Waals surface area (Å²) in [7, 11) is 0. The van der Waals surface area contributed by atoms with E-state index in [1.54, 1.807) is 55.5 Å². The number of hydrogen-bond acceptors (Lipinski definition) is 8. The molecule has 0 aromatic heterocycles. The summed E-state index contributed by atoms with van der Waals surface area (Å²) in [5, 5.41) is 0. The molecule has 4 aromatic rings. The number of unbranched alkanes of at least 4 members (excludes halogenated alkanes) is 6. The highest BCUT2D eigenvalue weighted by molar-refractivity contribution is 5.92. The first-order chi connectivity index (χ1) is 25.4. The van der Waals surface area contributed by atoms with Crippen molar-refractivity contribution in [2.24, 2.45) is 0 Å². The Bertz CT molecular complexity index is 1820. The van der Waals surface area contributed by atoms with Crippen LogP contribution in [0, 0.1) is 0 Å². The monoisotopic (exact) mass is 730 g/mol. The van der Waals surface area contributed by atoms with Gasteiger partial charge in [-0.05, 0) is 110 Å². The molecule has 0 saturated carbocycles. The molecule has 278 valence electrons. The molecule has 0 bridgehead atoms. The summed E-state index contributed by atoms with van der Waals surface area (Å²) in [5.41, 5.74) is 1.15. The Labute approximate surface area is 306 Å². The minimum atomic E-state index is -4.51. The summed E-state index contributed by atoms with van der Waals surface area (Å²) in [4.78, 5) is 49.8. The van der Waals surface area contributed by atoms with Gasteiger partial charge in [0, 0.05) is 6.42 Å². The lowest BCUT2D eigenvalue weighted by atomic mass is 10.0. The van der Waals surface area contributed by atoms with Crippen molar-refractivity contribution >= 4 is 23.9 Å². The lowest BCUT2D eigenvalue weighted by molar-refractivity contribution is -0.137. The molecule has 0 aliphatic carbocycles. The molecule has 1 unspecified atom stereocenters. The number of carbonyl (C=O) groups is 4. The highest BCUT2D eigenvalue weighted by Gasteiger charge is 2.30. The fourth-order valence-corrected chi connectivity index (χ4v) is 5.14. The first kappa shape index (κ1) is 40.1. The molecular weight excluding hydrogens is 689 g/mol. The summed E-state index contributed by atoms with van der Waals surface area (Å²) in [6, 6.07) is 22.8. The minimum absolute atomic E-state index is 0.0229. The van der Waals surface area contributed by atoms with E-state index in [1.165, 1.54) is 30.7 Å². The van der Waals surface area contributed by atoms with E-state index >= 15 is 0 Å². The van der Waals surface area contributed by atoms with Crippen LogP contribution in [-0.4, -0.2) is 36.6 Å². The van der Waals surface area contributed by atoms with E-state index in [1.807, 2.05) is 6.08 Å². The maximum Gasteiger partial charge on any atom is 0.416 e. The van der Waals surface area contributed by atoms with E-state index in [2.05, 4.69) is 6.58 Å². The maximum absolute atomic E-state index is 12.8. The Balaban J connectivity index is 1.17. The number of halogens is 3. The smallest absolute Gasteiger partial charge is 0.416 e. The van der Waals surface area contributed by atoms with Crippen molar-refractivity contribution in [3.8, 4) is 22.6 Å². The molecule has 0 saturated heterocycles. The number of alkyl halides is 3. The van der Waals surface area contributed by atoms with Gasteiger partial charge in [-0.2, -0.15) is 13.2 Å². The van der Waals surface area contributed by atoms with Crippen molar-refractivity contribution in [1.82, 2.24) is 0 Å². The molecule has 8 nitrogen and oxygen atoms in total. The third-order valence-electron chi connectivity index (χ3n) is 8.08. The zero-order valence-corrected chi connectivity index (χ0v) is 29.4. The molecule has 0 amide bonds. The summed E-state index contributed by atoms with van der Waals surface area (Å²) < 4.78 is 59.7. The average molecular weight is 731 g/mol. The van der Waals surface area contributed by atoms with E-state index in [4.69, 9.17) is 18.9 Å². The second-order valence-corrected chi connectivity index (χ2v) is 12.3. The van der Waals surface area contributed by atoms with Crippen LogP contribution in [-0.2, 0) is 20.4 Å². The standard InChI is InChI=1S/C42H41F3O8/c1-3-4-5-6-7-8-9-10-11-38(46)52-36-26-20-32(21-27-36)39(47)50-28-29(2)51-40(48)33-14-12-30(13-15-33)31-18-24-37(25-19-31)53-41(49)34-16-22-35(23-17-34)42(43,44)45/h3,12-27,29H,1,4-11,28H2,2H3. The zero-order chi connectivity index (χ0) is 38.2. The van der Waals surface area contributed by atoms with Gasteiger partial charge in [0.15, 0.2) is 0 Å². The quantitative estimate of drug-likeness (QED) is 0.0431. The van der Waals surface area contributed by atoms with Gasteiger partial charge in [0.2, 0.25) is 0 Å². The van der Waals surface area contributed by atoms with E-state index in [0.717, 1.165) is 73.9 Å². The molecule has 53 heavy (non-hydrogen) atoms. The SMILES string of the molecule is C=CCCCCCCCCC(=O)Oc1ccc(C(=O)OCC(C)OC(=O)c2ccc(-c3ccc(OC(=O)c4ccc(C(F)(F)F)cc4)cc3)cc2)cc1. The molecule has 4 rings (SSSR count). The molecule has 0 heterocycles. The van der Waals surface area contributed by atoms with Gasteiger partial charge in [0.1, 0.15) is 24.2 Å². The van der Waals surface area contributed by atoms with Crippen LogP contribution in [0.2, 0.25) is 0 Å². The van der Waals surface area contributed by atoms with Crippen molar-refractivity contribution < 1.29 is 51.3 Å². The molecule has 0 fully saturated rings.